The van der Waals surface area contributed by atoms with Gasteiger partial charge in [0.25, 0.3) is 5.56 Å². The Labute approximate surface area is 121 Å². The maximum absolute atomic E-state index is 12.1. The van der Waals surface area contributed by atoms with Crippen molar-refractivity contribution in [3.05, 3.63) is 46.0 Å². The zero-order valence-corrected chi connectivity index (χ0v) is 11.6. The molecule has 0 aliphatic carbocycles. The van der Waals surface area contributed by atoms with E-state index >= 15 is 0 Å². The summed E-state index contributed by atoms with van der Waals surface area (Å²) in [5, 5.41) is 8.85. The molecule has 2 rings (SSSR count). The van der Waals surface area contributed by atoms with E-state index in [0.717, 1.165) is 5.56 Å². The van der Waals surface area contributed by atoms with Crippen LogP contribution in [-0.2, 0) is 11.3 Å². The van der Waals surface area contributed by atoms with Crippen molar-refractivity contribution in [3.8, 4) is 12.3 Å². The van der Waals surface area contributed by atoms with Gasteiger partial charge in [-0.3, -0.25) is 18.9 Å². The first kappa shape index (κ1) is 14.8. The Kier molecular flexibility index (Phi) is 4.36. The van der Waals surface area contributed by atoms with E-state index in [4.69, 9.17) is 11.5 Å². The molecule has 21 heavy (non-hydrogen) atoms. The van der Waals surface area contributed by atoms with Gasteiger partial charge < -0.3 is 5.11 Å². The predicted molar refractivity (Wildman–Crippen MR) is 77.9 cm³/mol. The van der Waals surface area contributed by atoms with Gasteiger partial charge in [0.15, 0.2) is 0 Å². The lowest BCUT2D eigenvalue weighted by atomic mass is 10.3. The number of carbonyl (C=O) groups is 1. The molecular formula is C15H15N3O3. The van der Waals surface area contributed by atoms with Crippen LogP contribution < -0.4 is 5.56 Å². The minimum absolute atomic E-state index is 0.182. The minimum atomic E-state index is -0.974. The topological polar surface area (TPSA) is 74.9 Å². The molecule has 6 heteroatoms. The van der Waals surface area contributed by atoms with Gasteiger partial charge in [-0.15, -0.1) is 6.42 Å². The smallest absolute Gasteiger partial charge is 0.317 e. The number of hydrogen-bond donors (Lipinski definition) is 1. The summed E-state index contributed by atoms with van der Waals surface area (Å²) in [5.41, 5.74) is 1.79. The molecule has 0 aliphatic heterocycles. The van der Waals surface area contributed by atoms with Gasteiger partial charge in [-0.25, -0.2) is 4.98 Å². The van der Waals surface area contributed by atoms with E-state index in [2.05, 4.69) is 10.9 Å². The lowest BCUT2D eigenvalue weighted by molar-refractivity contribution is -0.138. The number of nitrogens with zero attached hydrogens (tertiary/aromatic N) is 3. The van der Waals surface area contributed by atoms with E-state index in [9.17, 15) is 9.59 Å². The number of aromatic nitrogens is 2. The molecular weight excluding hydrogens is 270 g/mol. The summed E-state index contributed by atoms with van der Waals surface area (Å²) >= 11 is 0. The van der Waals surface area contributed by atoms with E-state index in [1.54, 1.807) is 12.3 Å². The molecule has 0 amide bonds. The van der Waals surface area contributed by atoms with Crippen LogP contribution in [0.4, 0.5) is 0 Å². The Morgan fingerprint density at radius 3 is 2.95 bits per heavy atom. The third-order valence-corrected chi connectivity index (χ3v) is 2.92. The van der Waals surface area contributed by atoms with Gasteiger partial charge in [0.1, 0.15) is 5.65 Å². The van der Waals surface area contributed by atoms with Crippen LogP contribution in [0.2, 0.25) is 0 Å². The van der Waals surface area contributed by atoms with E-state index in [0.29, 0.717) is 11.3 Å². The lowest BCUT2D eigenvalue weighted by Gasteiger charge is -2.16. The Balaban J connectivity index is 2.34. The predicted octanol–water partition coefficient (Wildman–Crippen LogP) is 0.523. The molecule has 6 nitrogen and oxygen atoms in total. The summed E-state index contributed by atoms with van der Waals surface area (Å²) in [4.78, 5) is 28.8. The maximum atomic E-state index is 12.1. The normalized spacial score (nSPS) is 10.7. The summed E-state index contributed by atoms with van der Waals surface area (Å²) in [6.45, 7) is 2.10. The average Bonchev–Trinajstić information content (AvgIpc) is 2.39. The Morgan fingerprint density at radius 1 is 1.52 bits per heavy atom. The van der Waals surface area contributed by atoms with Crippen molar-refractivity contribution in [1.29, 1.82) is 0 Å². The first-order chi connectivity index (χ1) is 9.99. The molecule has 0 saturated carbocycles. The third-order valence-electron chi connectivity index (χ3n) is 2.92. The SMILES string of the molecule is C#CCN(CC(=O)O)Cc1cc(=O)n2cc(C)ccc2n1. The average molecular weight is 285 g/mol. The van der Waals surface area contributed by atoms with Crippen molar-refractivity contribution in [3.63, 3.8) is 0 Å². The fourth-order valence-corrected chi connectivity index (χ4v) is 2.06. The summed E-state index contributed by atoms with van der Waals surface area (Å²) < 4.78 is 1.46. The summed E-state index contributed by atoms with van der Waals surface area (Å²) in [6, 6.07) is 5.02. The van der Waals surface area contributed by atoms with Crippen molar-refractivity contribution in [2.75, 3.05) is 13.1 Å². The van der Waals surface area contributed by atoms with E-state index in [1.807, 2.05) is 13.0 Å². The number of aliphatic carboxylic acids is 1. The quantitative estimate of drug-likeness (QED) is 0.811. The first-order valence-electron chi connectivity index (χ1n) is 6.36. The third kappa shape index (κ3) is 3.68. The van der Waals surface area contributed by atoms with Gasteiger partial charge in [0.2, 0.25) is 0 Å². The number of rotatable bonds is 5. The van der Waals surface area contributed by atoms with Gasteiger partial charge in [-0.05, 0) is 18.6 Å². The highest BCUT2D eigenvalue weighted by Gasteiger charge is 2.11. The first-order valence-corrected chi connectivity index (χ1v) is 6.36. The van der Waals surface area contributed by atoms with E-state index < -0.39 is 5.97 Å². The molecule has 0 unspecified atom stereocenters. The molecule has 2 aromatic heterocycles. The van der Waals surface area contributed by atoms with Crippen LogP contribution in [0.3, 0.4) is 0 Å². The number of hydrogen-bond acceptors (Lipinski definition) is 4. The monoisotopic (exact) mass is 285 g/mol. The number of pyridine rings is 1. The van der Waals surface area contributed by atoms with Crippen molar-refractivity contribution < 1.29 is 9.90 Å². The van der Waals surface area contributed by atoms with Crippen LogP contribution >= 0.6 is 0 Å². The zero-order chi connectivity index (χ0) is 15.4. The molecule has 1 N–H and O–H groups in total. The van der Waals surface area contributed by atoms with Crippen molar-refractivity contribution >= 4 is 11.6 Å². The molecule has 2 heterocycles. The molecule has 0 spiro atoms. The van der Waals surface area contributed by atoms with Crippen LogP contribution in [0.5, 0.6) is 0 Å². The lowest BCUT2D eigenvalue weighted by Crippen LogP contribution is -2.31. The highest BCUT2D eigenvalue weighted by Crippen LogP contribution is 2.04. The molecule has 0 saturated heterocycles. The number of terminal acetylenes is 1. The Morgan fingerprint density at radius 2 is 2.29 bits per heavy atom. The van der Waals surface area contributed by atoms with Gasteiger partial charge in [0, 0.05) is 18.8 Å². The number of fused-ring (bicyclic) bond motifs is 1. The van der Waals surface area contributed by atoms with Crippen LogP contribution in [0, 0.1) is 19.3 Å². The molecule has 0 fully saturated rings. The fraction of sp³-hybridized carbons (Fsp3) is 0.267. The zero-order valence-electron chi connectivity index (χ0n) is 11.6. The molecule has 108 valence electrons. The summed E-state index contributed by atoms with van der Waals surface area (Å²) in [6.07, 6.45) is 6.94. The van der Waals surface area contributed by atoms with Gasteiger partial charge >= 0.3 is 5.97 Å². The molecule has 0 bridgehead atoms. The molecule has 0 radical (unpaired) electrons. The van der Waals surface area contributed by atoms with Crippen molar-refractivity contribution in [2.45, 2.75) is 13.5 Å². The Bertz CT molecular complexity index is 774. The maximum Gasteiger partial charge on any atom is 0.317 e. The largest absolute Gasteiger partial charge is 0.480 e. The minimum Gasteiger partial charge on any atom is -0.480 e. The summed E-state index contributed by atoms with van der Waals surface area (Å²) in [5.74, 6) is 1.43. The van der Waals surface area contributed by atoms with Crippen LogP contribution in [0.1, 0.15) is 11.3 Å². The highest BCUT2D eigenvalue weighted by atomic mass is 16.4. The standard InChI is InChI=1S/C15H15N3O3/c1-3-6-17(10-15(20)21)9-12-7-14(19)18-8-11(2)4-5-13(18)16-12/h1,4-5,7-8H,6,9-10H2,2H3,(H,20,21). The highest BCUT2D eigenvalue weighted by molar-refractivity contribution is 5.69. The molecule has 0 atom stereocenters. The molecule has 0 aliphatic rings. The second-order valence-electron chi connectivity index (χ2n) is 4.76. The van der Waals surface area contributed by atoms with Crippen molar-refractivity contribution in [1.82, 2.24) is 14.3 Å². The number of carboxylic acids is 1. The van der Waals surface area contributed by atoms with Crippen LogP contribution in [0.15, 0.2) is 29.2 Å². The number of carboxylic acid groups (broad SMARTS) is 1. The second kappa shape index (κ2) is 6.20. The molecule has 0 aromatic carbocycles. The van der Waals surface area contributed by atoms with Crippen LogP contribution in [0.25, 0.3) is 5.65 Å². The fourth-order valence-electron chi connectivity index (χ4n) is 2.06. The number of aryl methyl sites for hydroxylation is 1. The van der Waals surface area contributed by atoms with E-state index in [-0.39, 0.29) is 25.2 Å². The summed E-state index contributed by atoms with van der Waals surface area (Å²) in [7, 11) is 0. The second-order valence-corrected chi connectivity index (χ2v) is 4.76. The van der Waals surface area contributed by atoms with Gasteiger partial charge in [0.05, 0.1) is 18.8 Å². The molecule has 2 aromatic rings. The van der Waals surface area contributed by atoms with Gasteiger partial charge in [-0.1, -0.05) is 12.0 Å². The van der Waals surface area contributed by atoms with Crippen molar-refractivity contribution in [2.24, 2.45) is 0 Å². The Hall–Kier alpha value is -2.65. The van der Waals surface area contributed by atoms with Crippen LogP contribution in [-0.4, -0.2) is 38.4 Å². The van der Waals surface area contributed by atoms with Gasteiger partial charge in [-0.2, -0.15) is 0 Å². The van der Waals surface area contributed by atoms with E-state index in [1.165, 1.54) is 15.4 Å².